The normalized spacial score (nSPS) is 20.6. The highest BCUT2D eigenvalue weighted by molar-refractivity contribution is 7.99. The number of nitrogens with zero attached hydrogens (tertiary/aromatic N) is 1. The van der Waals surface area contributed by atoms with E-state index in [4.69, 9.17) is 5.11 Å². The fourth-order valence-corrected chi connectivity index (χ4v) is 2.90. The molecule has 0 spiro atoms. The van der Waals surface area contributed by atoms with E-state index in [0.29, 0.717) is 0 Å². The van der Waals surface area contributed by atoms with E-state index in [1.54, 1.807) is 11.9 Å². The first kappa shape index (κ1) is 13.9. The molecule has 1 aliphatic rings. The third-order valence-electron chi connectivity index (χ3n) is 2.77. The van der Waals surface area contributed by atoms with Crippen molar-refractivity contribution in [1.29, 1.82) is 0 Å². The molecule has 96 valence electrons. The summed E-state index contributed by atoms with van der Waals surface area (Å²) in [6, 6.07) is -1.01. The van der Waals surface area contributed by atoms with E-state index in [1.165, 1.54) is 6.08 Å². The Bertz CT molecular complexity index is 303. The van der Waals surface area contributed by atoms with Crippen LogP contribution in [0.3, 0.4) is 0 Å². The first-order valence-electron chi connectivity index (χ1n) is 5.51. The molecule has 1 rings (SSSR count). The quantitative estimate of drug-likeness (QED) is 0.726. The summed E-state index contributed by atoms with van der Waals surface area (Å²) in [5, 5.41) is 11.4. The summed E-state index contributed by atoms with van der Waals surface area (Å²) in [5.74, 6) is 0.938. The topological polar surface area (TPSA) is 69.6 Å². The summed E-state index contributed by atoms with van der Waals surface area (Å²) >= 11 is 1.81. The molecule has 17 heavy (non-hydrogen) atoms. The molecule has 0 radical (unpaired) electrons. The number of carbonyl (C=O) groups is 2. The van der Waals surface area contributed by atoms with Gasteiger partial charge in [-0.25, -0.2) is 9.59 Å². The first-order valence-corrected chi connectivity index (χ1v) is 6.66. The number of rotatable bonds is 5. The number of amides is 2. The van der Waals surface area contributed by atoms with E-state index in [2.05, 4.69) is 11.9 Å². The highest BCUT2D eigenvalue weighted by atomic mass is 32.2. The molecule has 1 saturated heterocycles. The van der Waals surface area contributed by atoms with Crippen molar-refractivity contribution < 1.29 is 14.7 Å². The molecule has 0 aromatic heterocycles. The van der Waals surface area contributed by atoms with E-state index < -0.39 is 12.0 Å². The summed E-state index contributed by atoms with van der Waals surface area (Å²) < 4.78 is 0. The molecule has 0 aromatic rings. The van der Waals surface area contributed by atoms with Crippen LogP contribution in [0.4, 0.5) is 4.79 Å². The lowest BCUT2D eigenvalue weighted by molar-refractivity contribution is -0.139. The van der Waals surface area contributed by atoms with Crippen LogP contribution in [0.25, 0.3) is 0 Å². The number of hydrogen-bond donors (Lipinski definition) is 2. The lowest BCUT2D eigenvalue weighted by Gasteiger charge is -2.25. The summed E-state index contributed by atoms with van der Waals surface area (Å²) in [5.41, 5.74) is 0. The van der Waals surface area contributed by atoms with E-state index in [-0.39, 0.29) is 18.5 Å². The number of hydrogen-bond acceptors (Lipinski definition) is 3. The number of nitrogens with one attached hydrogen (secondary N) is 1. The molecule has 2 N–H and O–H groups in total. The molecular formula is C11H18N2O3S. The minimum Gasteiger partial charge on any atom is -0.480 e. The fraction of sp³-hybridized carbons (Fsp3) is 0.636. The molecule has 1 heterocycles. The van der Waals surface area contributed by atoms with Gasteiger partial charge in [0.2, 0.25) is 0 Å². The van der Waals surface area contributed by atoms with Gasteiger partial charge in [0.1, 0.15) is 6.04 Å². The van der Waals surface area contributed by atoms with Gasteiger partial charge >= 0.3 is 12.0 Å². The van der Waals surface area contributed by atoms with Crippen molar-refractivity contribution in [3.05, 3.63) is 12.7 Å². The molecule has 1 aliphatic heterocycles. The smallest absolute Gasteiger partial charge is 0.326 e. The van der Waals surface area contributed by atoms with Crippen molar-refractivity contribution in [2.45, 2.75) is 24.9 Å². The predicted octanol–water partition coefficient (Wildman–Crippen LogP) is 1.16. The molecule has 0 aliphatic carbocycles. The molecule has 1 fully saturated rings. The molecular weight excluding hydrogens is 240 g/mol. The van der Waals surface area contributed by atoms with Crippen LogP contribution in [0.2, 0.25) is 0 Å². The van der Waals surface area contributed by atoms with Crippen molar-refractivity contribution in [2.24, 2.45) is 0 Å². The number of carboxylic acid groups (broad SMARTS) is 1. The SMILES string of the molecule is C=CCC(NC(=O)N(C)C1CCSC1)C(=O)O. The summed E-state index contributed by atoms with van der Waals surface area (Å²) in [4.78, 5) is 24.3. The summed E-state index contributed by atoms with van der Waals surface area (Å²) in [6.45, 7) is 3.48. The van der Waals surface area contributed by atoms with E-state index in [1.807, 2.05) is 11.8 Å². The molecule has 0 saturated carbocycles. The Labute approximate surface area is 105 Å². The molecule has 2 amide bonds. The van der Waals surface area contributed by atoms with E-state index in [9.17, 15) is 9.59 Å². The van der Waals surface area contributed by atoms with Crippen LogP contribution in [-0.2, 0) is 4.79 Å². The van der Waals surface area contributed by atoms with Crippen LogP contribution in [0.15, 0.2) is 12.7 Å². The molecule has 6 heteroatoms. The molecule has 2 atom stereocenters. The zero-order valence-corrected chi connectivity index (χ0v) is 10.7. The van der Waals surface area contributed by atoms with Gasteiger partial charge in [0.25, 0.3) is 0 Å². The van der Waals surface area contributed by atoms with Crippen LogP contribution in [0, 0.1) is 0 Å². The van der Waals surface area contributed by atoms with E-state index >= 15 is 0 Å². The van der Waals surface area contributed by atoms with Crippen LogP contribution in [-0.4, -0.2) is 52.6 Å². The lowest BCUT2D eigenvalue weighted by atomic mass is 10.2. The van der Waals surface area contributed by atoms with Crippen molar-refractivity contribution in [2.75, 3.05) is 18.6 Å². The van der Waals surface area contributed by atoms with Crippen molar-refractivity contribution in [3.63, 3.8) is 0 Å². The minimum atomic E-state index is -1.03. The average molecular weight is 258 g/mol. The third kappa shape index (κ3) is 3.96. The maximum atomic E-state index is 11.8. The van der Waals surface area contributed by atoms with Crippen LogP contribution in [0.5, 0.6) is 0 Å². The second-order valence-electron chi connectivity index (χ2n) is 3.99. The Morgan fingerprint density at radius 2 is 2.41 bits per heavy atom. The predicted molar refractivity (Wildman–Crippen MR) is 68.3 cm³/mol. The van der Waals surface area contributed by atoms with Gasteiger partial charge in [-0.3, -0.25) is 0 Å². The maximum Gasteiger partial charge on any atom is 0.326 e. The number of carboxylic acids is 1. The van der Waals surface area contributed by atoms with Gasteiger partial charge in [0.15, 0.2) is 0 Å². The van der Waals surface area contributed by atoms with Crippen LogP contribution < -0.4 is 5.32 Å². The largest absolute Gasteiger partial charge is 0.480 e. The van der Waals surface area contributed by atoms with Crippen molar-refractivity contribution in [1.82, 2.24) is 10.2 Å². The van der Waals surface area contributed by atoms with Gasteiger partial charge in [-0.05, 0) is 18.6 Å². The van der Waals surface area contributed by atoms with Gasteiger partial charge in [0, 0.05) is 18.8 Å². The average Bonchev–Trinajstić information content (AvgIpc) is 2.80. The Morgan fingerprint density at radius 3 is 2.88 bits per heavy atom. The van der Waals surface area contributed by atoms with Crippen molar-refractivity contribution in [3.8, 4) is 0 Å². The summed E-state index contributed by atoms with van der Waals surface area (Å²) in [6.07, 6.45) is 2.69. The number of aliphatic carboxylic acids is 1. The molecule has 0 bridgehead atoms. The van der Waals surface area contributed by atoms with Crippen LogP contribution in [0.1, 0.15) is 12.8 Å². The van der Waals surface area contributed by atoms with E-state index in [0.717, 1.165) is 17.9 Å². The molecule has 0 aromatic carbocycles. The van der Waals surface area contributed by atoms with Gasteiger partial charge in [-0.1, -0.05) is 6.08 Å². The van der Waals surface area contributed by atoms with Gasteiger partial charge in [0.05, 0.1) is 0 Å². The minimum absolute atomic E-state index is 0.207. The Kier molecular flexibility index (Phi) is 5.34. The molecule has 5 nitrogen and oxygen atoms in total. The van der Waals surface area contributed by atoms with Gasteiger partial charge in [-0.15, -0.1) is 6.58 Å². The number of carbonyl (C=O) groups excluding carboxylic acids is 1. The zero-order chi connectivity index (χ0) is 12.8. The lowest BCUT2D eigenvalue weighted by Crippen LogP contribution is -2.49. The number of urea groups is 1. The fourth-order valence-electron chi connectivity index (χ4n) is 1.63. The maximum absolute atomic E-state index is 11.8. The Balaban J connectivity index is 2.50. The second-order valence-corrected chi connectivity index (χ2v) is 5.14. The van der Waals surface area contributed by atoms with Crippen LogP contribution >= 0.6 is 11.8 Å². The number of thioether (sulfide) groups is 1. The van der Waals surface area contributed by atoms with Gasteiger partial charge < -0.3 is 15.3 Å². The highest BCUT2D eigenvalue weighted by Gasteiger charge is 2.26. The second kappa shape index (κ2) is 6.54. The Morgan fingerprint density at radius 1 is 1.71 bits per heavy atom. The highest BCUT2D eigenvalue weighted by Crippen LogP contribution is 2.21. The van der Waals surface area contributed by atoms with Gasteiger partial charge in [-0.2, -0.15) is 11.8 Å². The zero-order valence-electron chi connectivity index (χ0n) is 9.89. The first-order chi connectivity index (χ1) is 8.06. The monoisotopic (exact) mass is 258 g/mol. The Hall–Kier alpha value is -1.17. The standard InChI is InChI=1S/C11H18N2O3S/c1-3-4-9(10(14)15)12-11(16)13(2)8-5-6-17-7-8/h3,8-9H,1,4-7H2,2H3,(H,12,16)(H,14,15). The summed E-state index contributed by atoms with van der Waals surface area (Å²) in [7, 11) is 1.71. The third-order valence-corrected chi connectivity index (χ3v) is 3.92. The van der Waals surface area contributed by atoms with Crippen molar-refractivity contribution >= 4 is 23.8 Å². The molecule has 2 unspecified atom stereocenters.